The summed E-state index contributed by atoms with van der Waals surface area (Å²) in [5, 5.41) is 7.94. The summed E-state index contributed by atoms with van der Waals surface area (Å²) in [6.07, 6.45) is 0. The number of hydrogen-bond donors (Lipinski definition) is 0. The van der Waals surface area contributed by atoms with Crippen molar-refractivity contribution in [3.8, 4) is 6.07 Å². The van der Waals surface area contributed by atoms with Gasteiger partial charge in [0.15, 0.2) is 0 Å². The van der Waals surface area contributed by atoms with Crippen LogP contribution in [0.15, 0.2) is 29.2 Å². The van der Waals surface area contributed by atoms with E-state index in [0.717, 1.165) is 0 Å². The number of benzene rings is 1. The quantitative estimate of drug-likeness (QED) is 0.725. The molecule has 1 aromatic carbocycles. The Kier molecular flexibility index (Phi) is 3.15. The van der Waals surface area contributed by atoms with Crippen LogP contribution in [0.2, 0.25) is 0 Å². The molecule has 0 amide bonds. The fraction of sp³-hybridized carbons (Fsp3) is 0.222. The average Bonchev–Trinajstić information content (AvgIpc) is 2.17. The second-order valence-electron chi connectivity index (χ2n) is 2.52. The predicted molar refractivity (Wildman–Crippen MR) is 47.9 cm³/mol. The molecule has 13 heavy (non-hydrogen) atoms. The standard InChI is InChI=1S/C9H8FNOS/c1-7(6-11)13(12)9-4-2-8(10)3-5-9/h2-5,7H,1H3. The third-order valence-corrected chi connectivity index (χ3v) is 3.03. The lowest BCUT2D eigenvalue weighted by Gasteiger charge is -2.02. The zero-order valence-corrected chi connectivity index (χ0v) is 7.84. The lowest BCUT2D eigenvalue weighted by Crippen LogP contribution is -2.07. The Hall–Kier alpha value is -1.21. The number of hydrogen-bond acceptors (Lipinski definition) is 2. The molecule has 2 unspecified atom stereocenters. The van der Waals surface area contributed by atoms with Gasteiger partial charge in [0.25, 0.3) is 0 Å². The van der Waals surface area contributed by atoms with E-state index in [0.29, 0.717) is 4.90 Å². The minimum absolute atomic E-state index is 0.370. The van der Waals surface area contributed by atoms with Crippen molar-refractivity contribution in [1.82, 2.24) is 0 Å². The van der Waals surface area contributed by atoms with E-state index >= 15 is 0 Å². The summed E-state index contributed by atoms with van der Waals surface area (Å²) in [6, 6.07) is 7.21. The Morgan fingerprint density at radius 3 is 2.46 bits per heavy atom. The number of nitrogens with zero attached hydrogens (tertiary/aromatic N) is 1. The topological polar surface area (TPSA) is 40.9 Å². The highest BCUT2D eigenvalue weighted by Crippen LogP contribution is 2.11. The molecule has 0 bridgehead atoms. The van der Waals surface area contributed by atoms with E-state index in [2.05, 4.69) is 0 Å². The molecule has 0 aliphatic rings. The van der Waals surface area contributed by atoms with Crippen LogP contribution in [0.25, 0.3) is 0 Å². The monoisotopic (exact) mass is 197 g/mol. The zero-order chi connectivity index (χ0) is 9.84. The van der Waals surface area contributed by atoms with Crippen LogP contribution >= 0.6 is 0 Å². The molecule has 2 nitrogen and oxygen atoms in total. The molecule has 0 spiro atoms. The Morgan fingerprint density at radius 1 is 1.46 bits per heavy atom. The molecular weight excluding hydrogens is 189 g/mol. The van der Waals surface area contributed by atoms with Crippen molar-refractivity contribution in [3.63, 3.8) is 0 Å². The molecule has 0 N–H and O–H groups in total. The molecule has 0 heterocycles. The molecule has 1 aromatic rings. The smallest absolute Gasteiger partial charge is 0.123 e. The van der Waals surface area contributed by atoms with E-state index in [-0.39, 0.29) is 5.82 Å². The first-order chi connectivity index (χ1) is 6.15. The molecule has 1 rings (SSSR count). The normalized spacial score (nSPS) is 14.5. The van der Waals surface area contributed by atoms with Crippen LogP contribution in [0.5, 0.6) is 0 Å². The summed E-state index contributed by atoms with van der Waals surface area (Å²) < 4.78 is 23.9. The van der Waals surface area contributed by atoms with Gasteiger partial charge in [-0.05, 0) is 31.2 Å². The van der Waals surface area contributed by atoms with Gasteiger partial charge in [-0.15, -0.1) is 0 Å². The van der Waals surface area contributed by atoms with Crippen molar-refractivity contribution < 1.29 is 8.60 Å². The minimum atomic E-state index is -1.36. The molecule has 0 radical (unpaired) electrons. The van der Waals surface area contributed by atoms with Crippen molar-refractivity contribution in [3.05, 3.63) is 30.1 Å². The van der Waals surface area contributed by atoms with Gasteiger partial charge in [0, 0.05) is 4.90 Å². The van der Waals surface area contributed by atoms with Gasteiger partial charge < -0.3 is 0 Å². The molecular formula is C9H8FNOS. The van der Waals surface area contributed by atoms with Gasteiger partial charge in [-0.25, -0.2) is 4.39 Å². The second kappa shape index (κ2) is 4.15. The van der Waals surface area contributed by atoms with Gasteiger partial charge >= 0.3 is 0 Å². The molecule has 0 aromatic heterocycles. The van der Waals surface area contributed by atoms with E-state index in [1.165, 1.54) is 24.3 Å². The van der Waals surface area contributed by atoms with Crippen LogP contribution in [0.4, 0.5) is 4.39 Å². The maximum Gasteiger partial charge on any atom is 0.123 e. The van der Waals surface area contributed by atoms with Gasteiger partial charge in [0.05, 0.1) is 16.9 Å². The average molecular weight is 197 g/mol. The Bertz CT molecular complexity index is 355. The Morgan fingerprint density at radius 2 is 2.00 bits per heavy atom. The van der Waals surface area contributed by atoms with Crippen LogP contribution in [-0.2, 0) is 10.8 Å². The van der Waals surface area contributed by atoms with E-state index < -0.39 is 16.0 Å². The summed E-state index contributed by atoms with van der Waals surface area (Å²) in [5.74, 6) is -0.370. The van der Waals surface area contributed by atoms with Crippen molar-refractivity contribution >= 4 is 10.8 Å². The number of rotatable bonds is 2. The molecule has 0 saturated heterocycles. The maximum atomic E-state index is 12.5. The SMILES string of the molecule is CC(C#N)S(=O)c1ccc(F)cc1. The van der Waals surface area contributed by atoms with E-state index in [4.69, 9.17) is 5.26 Å². The van der Waals surface area contributed by atoms with Gasteiger partial charge in [-0.1, -0.05) is 0 Å². The fourth-order valence-electron chi connectivity index (χ4n) is 0.821. The van der Waals surface area contributed by atoms with Crippen LogP contribution in [0, 0.1) is 17.1 Å². The van der Waals surface area contributed by atoms with Gasteiger partial charge in [0.2, 0.25) is 0 Å². The molecule has 2 atom stereocenters. The summed E-state index contributed by atoms with van der Waals surface area (Å²) in [5.41, 5.74) is 0. The summed E-state index contributed by atoms with van der Waals surface area (Å²) in [7, 11) is -1.36. The molecule has 0 aliphatic heterocycles. The fourth-order valence-corrected chi connectivity index (χ4v) is 1.73. The number of halogens is 1. The van der Waals surface area contributed by atoms with Gasteiger partial charge in [-0.3, -0.25) is 4.21 Å². The van der Waals surface area contributed by atoms with Gasteiger partial charge in [-0.2, -0.15) is 5.26 Å². The van der Waals surface area contributed by atoms with Crippen molar-refractivity contribution in [2.45, 2.75) is 17.1 Å². The van der Waals surface area contributed by atoms with Gasteiger partial charge in [0.1, 0.15) is 11.1 Å². The van der Waals surface area contributed by atoms with Crippen LogP contribution in [0.1, 0.15) is 6.92 Å². The molecule has 0 fully saturated rings. The largest absolute Gasteiger partial charge is 0.253 e. The van der Waals surface area contributed by atoms with Crippen LogP contribution < -0.4 is 0 Å². The Balaban J connectivity index is 2.91. The first-order valence-corrected chi connectivity index (χ1v) is 4.92. The zero-order valence-electron chi connectivity index (χ0n) is 7.03. The van der Waals surface area contributed by atoms with Crippen molar-refractivity contribution in [2.75, 3.05) is 0 Å². The first kappa shape index (κ1) is 9.87. The van der Waals surface area contributed by atoms with E-state index in [1.54, 1.807) is 6.92 Å². The number of nitriles is 1. The summed E-state index contributed by atoms with van der Waals surface area (Å²) in [4.78, 5) is 0.482. The van der Waals surface area contributed by atoms with E-state index in [1.807, 2.05) is 6.07 Å². The van der Waals surface area contributed by atoms with E-state index in [9.17, 15) is 8.60 Å². The minimum Gasteiger partial charge on any atom is -0.253 e. The summed E-state index contributed by atoms with van der Waals surface area (Å²) in [6.45, 7) is 1.57. The van der Waals surface area contributed by atoms with Crippen molar-refractivity contribution in [2.24, 2.45) is 0 Å². The maximum absolute atomic E-state index is 12.5. The molecule has 4 heteroatoms. The first-order valence-electron chi connectivity index (χ1n) is 3.71. The lowest BCUT2D eigenvalue weighted by atomic mass is 10.4. The molecule has 0 aliphatic carbocycles. The van der Waals surface area contributed by atoms with Crippen LogP contribution in [-0.4, -0.2) is 9.46 Å². The third kappa shape index (κ3) is 2.36. The molecule has 0 saturated carbocycles. The lowest BCUT2D eigenvalue weighted by molar-refractivity contribution is 0.626. The Labute approximate surface area is 78.5 Å². The third-order valence-electron chi connectivity index (χ3n) is 1.55. The highest BCUT2D eigenvalue weighted by atomic mass is 32.2. The predicted octanol–water partition coefficient (Wildman–Crippen LogP) is 1.85. The van der Waals surface area contributed by atoms with Crippen LogP contribution in [0.3, 0.4) is 0 Å². The summed E-state index contributed by atoms with van der Waals surface area (Å²) >= 11 is 0. The second-order valence-corrected chi connectivity index (χ2v) is 4.30. The molecule has 68 valence electrons. The highest BCUT2D eigenvalue weighted by Gasteiger charge is 2.11. The van der Waals surface area contributed by atoms with Crippen molar-refractivity contribution in [1.29, 1.82) is 5.26 Å². The highest BCUT2D eigenvalue weighted by molar-refractivity contribution is 7.86.